The van der Waals surface area contributed by atoms with Gasteiger partial charge in [0.2, 0.25) is 0 Å². The molecule has 0 fully saturated rings. The Hall–Kier alpha value is -1.67. The third-order valence-electron chi connectivity index (χ3n) is 2.32. The van der Waals surface area contributed by atoms with Crippen LogP contribution in [0.1, 0.15) is 5.69 Å². The van der Waals surface area contributed by atoms with Gasteiger partial charge >= 0.3 is 0 Å². The number of hydrogen-bond donors (Lipinski definition) is 1. The zero-order valence-electron chi connectivity index (χ0n) is 8.77. The molecule has 76 valence electrons. The molecule has 2 aromatic rings. The monoisotopic (exact) mass is 198 g/mol. The Morgan fingerprint density at radius 2 is 1.87 bits per heavy atom. The second-order valence-electron chi connectivity index (χ2n) is 3.39. The highest BCUT2D eigenvalue weighted by atomic mass is 14.8. The fourth-order valence-corrected chi connectivity index (χ4v) is 1.63. The lowest BCUT2D eigenvalue weighted by atomic mass is 10.0. The normalized spacial score (nSPS) is 10.2. The standard InChI is InChI=1S/C13H14N2/c1-14-10-13-12(8-5-9-15-13)11-6-3-2-4-7-11/h2-9,14H,10H2,1H3. The average Bonchev–Trinajstić information content (AvgIpc) is 2.31. The molecule has 1 N–H and O–H groups in total. The van der Waals surface area contributed by atoms with Crippen molar-refractivity contribution >= 4 is 0 Å². The van der Waals surface area contributed by atoms with Gasteiger partial charge in [0.1, 0.15) is 0 Å². The highest BCUT2D eigenvalue weighted by Crippen LogP contribution is 2.21. The summed E-state index contributed by atoms with van der Waals surface area (Å²) in [5, 5.41) is 3.13. The summed E-state index contributed by atoms with van der Waals surface area (Å²) in [6, 6.07) is 14.4. The minimum atomic E-state index is 0.797. The van der Waals surface area contributed by atoms with Gasteiger partial charge in [-0.05, 0) is 18.7 Å². The molecule has 0 amide bonds. The topological polar surface area (TPSA) is 24.9 Å². The third-order valence-corrected chi connectivity index (χ3v) is 2.32. The van der Waals surface area contributed by atoms with Gasteiger partial charge in [0.05, 0.1) is 5.69 Å². The van der Waals surface area contributed by atoms with Crippen molar-refractivity contribution in [3.63, 3.8) is 0 Å². The quantitative estimate of drug-likeness (QED) is 0.819. The van der Waals surface area contributed by atoms with Crippen molar-refractivity contribution in [1.29, 1.82) is 0 Å². The fourth-order valence-electron chi connectivity index (χ4n) is 1.63. The minimum Gasteiger partial charge on any atom is -0.314 e. The summed E-state index contributed by atoms with van der Waals surface area (Å²) in [6.45, 7) is 0.797. The van der Waals surface area contributed by atoms with Crippen LogP contribution in [0.15, 0.2) is 48.7 Å². The van der Waals surface area contributed by atoms with Gasteiger partial charge < -0.3 is 5.32 Å². The maximum absolute atomic E-state index is 4.38. The van der Waals surface area contributed by atoms with Crippen LogP contribution >= 0.6 is 0 Å². The second kappa shape index (κ2) is 4.71. The molecule has 0 bridgehead atoms. The van der Waals surface area contributed by atoms with Gasteiger partial charge in [0, 0.05) is 18.3 Å². The molecule has 1 heterocycles. The van der Waals surface area contributed by atoms with Gasteiger partial charge in [-0.2, -0.15) is 0 Å². The molecule has 0 spiro atoms. The van der Waals surface area contributed by atoms with Gasteiger partial charge in [0.15, 0.2) is 0 Å². The molecular formula is C13H14N2. The number of pyridine rings is 1. The van der Waals surface area contributed by atoms with Crippen molar-refractivity contribution in [3.8, 4) is 11.1 Å². The van der Waals surface area contributed by atoms with Crippen molar-refractivity contribution in [2.24, 2.45) is 0 Å². The highest BCUT2D eigenvalue weighted by Gasteiger charge is 2.03. The van der Waals surface area contributed by atoms with Crippen molar-refractivity contribution in [1.82, 2.24) is 10.3 Å². The molecule has 2 rings (SSSR count). The van der Waals surface area contributed by atoms with Crippen LogP contribution in [0.5, 0.6) is 0 Å². The Labute approximate surface area is 90.0 Å². The number of aromatic nitrogens is 1. The van der Waals surface area contributed by atoms with Crippen molar-refractivity contribution < 1.29 is 0 Å². The molecule has 2 nitrogen and oxygen atoms in total. The summed E-state index contributed by atoms with van der Waals surface area (Å²) in [5.41, 5.74) is 3.51. The van der Waals surface area contributed by atoms with E-state index in [-0.39, 0.29) is 0 Å². The summed E-state index contributed by atoms with van der Waals surface area (Å²) in [7, 11) is 1.93. The molecular weight excluding hydrogens is 184 g/mol. The van der Waals surface area contributed by atoms with Crippen molar-refractivity contribution in [2.75, 3.05) is 7.05 Å². The lowest BCUT2D eigenvalue weighted by Gasteiger charge is -2.07. The number of hydrogen-bond acceptors (Lipinski definition) is 2. The Morgan fingerprint density at radius 3 is 2.60 bits per heavy atom. The van der Waals surface area contributed by atoms with E-state index >= 15 is 0 Å². The van der Waals surface area contributed by atoms with Crippen LogP contribution in [-0.4, -0.2) is 12.0 Å². The maximum atomic E-state index is 4.38. The number of nitrogens with zero attached hydrogens (tertiary/aromatic N) is 1. The summed E-state index contributed by atoms with van der Waals surface area (Å²) >= 11 is 0. The predicted molar refractivity (Wildman–Crippen MR) is 62.4 cm³/mol. The van der Waals surface area contributed by atoms with Gasteiger partial charge in [-0.15, -0.1) is 0 Å². The van der Waals surface area contributed by atoms with Crippen LogP contribution in [0, 0.1) is 0 Å². The molecule has 1 aromatic carbocycles. The van der Waals surface area contributed by atoms with Crippen LogP contribution < -0.4 is 5.32 Å². The molecule has 0 aliphatic carbocycles. The highest BCUT2D eigenvalue weighted by molar-refractivity contribution is 5.65. The van der Waals surface area contributed by atoms with Crippen LogP contribution in [0.2, 0.25) is 0 Å². The van der Waals surface area contributed by atoms with E-state index in [1.165, 1.54) is 11.1 Å². The molecule has 0 aliphatic rings. The Bertz CT molecular complexity index is 424. The number of nitrogens with one attached hydrogen (secondary N) is 1. The van der Waals surface area contributed by atoms with Crippen LogP contribution in [0.4, 0.5) is 0 Å². The van der Waals surface area contributed by atoms with Crippen molar-refractivity contribution in [2.45, 2.75) is 6.54 Å². The van der Waals surface area contributed by atoms with Crippen LogP contribution in [0.25, 0.3) is 11.1 Å². The van der Waals surface area contributed by atoms with Gasteiger partial charge in [-0.1, -0.05) is 36.4 Å². The Morgan fingerprint density at radius 1 is 1.07 bits per heavy atom. The van der Waals surface area contributed by atoms with Crippen LogP contribution in [-0.2, 0) is 6.54 Å². The SMILES string of the molecule is CNCc1ncccc1-c1ccccc1. The Balaban J connectivity index is 2.43. The minimum absolute atomic E-state index is 0.797. The largest absolute Gasteiger partial charge is 0.314 e. The van der Waals surface area contributed by atoms with E-state index in [0.717, 1.165) is 12.2 Å². The van der Waals surface area contributed by atoms with E-state index in [0.29, 0.717) is 0 Å². The van der Waals surface area contributed by atoms with Gasteiger partial charge in [-0.3, -0.25) is 4.98 Å². The second-order valence-corrected chi connectivity index (χ2v) is 3.39. The molecule has 1 aromatic heterocycles. The third kappa shape index (κ3) is 2.22. The predicted octanol–water partition coefficient (Wildman–Crippen LogP) is 2.47. The molecule has 0 aliphatic heterocycles. The molecule has 0 unspecified atom stereocenters. The summed E-state index contributed by atoms with van der Waals surface area (Å²) < 4.78 is 0. The first-order valence-corrected chi connectivity index (χ1v) is 5.05. The van der Waals surface area contributed by atoms with E-state index in [1.807, 2.05) is 37.5 Å². The summed E-state index contributed by atoms with van der Waals surface area (Å²) in [6.07, 6.45) is 1.83. The van der Waals surface area contributed by atoms with Gasteiger partial charge in [-0.25, -0.2) is 0 Å². The smallest absolute Gasteiger partial charge is 0.0619 e. The first kappa shape index (κ1) is 9.87. The van der Waals surface area contributed by atoms with E-state index < -0.39 is 0 Å². The molecule has 0 radical (unpaired) electrons. The molecule has 0 atom stereocenters. The molecule has 0 saturated heterocycles. The first-order chi connectivity index (χ1) is 7.42. The summed E-state index contributed by atoms with van der Waals surface area (Å²) in [5.74, 6) is 0. The van der Waals surface area contributed by atoms with E-state index in [9.17, 15) is 0 Å². The molecule has 2 heteroatoms. The van der Waals surface area contributed by atoms with Crippen molar-refractivity contribution in [3.05, 3.63) is 54.4 Å². The average molecular weight is 198 g/mol. The number of rotatable bonds is 3. The van der Waals surface area contributed by atoms with E-state index in [4.69, 9.17) is 0 Å². The first-order valence-electron chi connectivity index (χ1n) is 5.05. The van der Waals surface area contributed by atoms with E-state index in [1.54, 1.807) is 0 Å². The van der Waals surface area contributed by atoms with Gasteiger partial charge in [0.25, 0.3) is 0 Å². The van der Waals surface area contributed by atoms with Crippen LogP contribution in [0.3, 0.4) is 0 Å². The lowest BCUT2D eigenvalue weighted by Crippen LogP contribution is -2.08. The molecule has 15 heavy (non-hydrogen) atoms. The zero-order chi connectivity index (χ0) is 10.5. The number of benzene rings is 1. The van der Waals surface area contributed by atoms with E-state index in [2.05, 4.69) is 28.5 Å². The fraction of sp³-hybridized carbons (Fsp3) is 0.154. The zero-order valence-corrected chi connectivity index (χ0v) is 8.77. The summed E-state index contributed by atoms with van der Waals surface area (Å²) in [4.78, 5) is 4.38. The Kier molecular flexibility index (Phi) is 3.10. The molecule has 0 saturated carbocycles. The lowest BCUT2D eigenvalue weighted by molar-refractivity contribution is 0.793. The maximum Gasteiger partial charge on any atom is 0.0619 e.